The Labute approximate surface area is 251 Å². The molecule has 0 aliphatic carbocycles. The average Bonchev–Trinajstić information content (AvgIpc) is 3.72. The molecule has 2 aromatic carbocycles. The van der Waals surface area contributed by atoms with E-state index in [0.717, 1.165) is 80.4 Å². The normalized spacial score (nSPS) is 22.6. The minimum absolute atomic E-state index is 0.0491. The highest BCUT2D eigenvalue weighted by molar-refractivity contribution is 6.02. The van der Waals surface area contributed by atoms with E-state index in [1.165, 1.54) is 12.8 Å². The summed E-state index contributed by atoms with van der Waals surface area (Å²) in [4.78, 5) is 19.3. The fourth-order valence-corrected chi connectivity index (χ4v) is 7.97. The van der Waals surface area contributed by atoms with E-state index in [1.807, 2.05) is 43.3 Å². The zero-order valence-corrected chi connectivity index (χ0v) is 24.7. The van der Waals surface area contributed by atoms with Crippen LogP contribution in [0.25, 0.3) is 32.9 Å². The van der Waals surface area contributed by atoms with Crippen LogP contribution in [0.1, 0.15) is 57.4 Å². The minimum atomic E-state index is -0.448. The third-order valence-corrected chi connectivity index (χ3v) is 10.0. The molecule has 0 radical (unpaired) electrons. The monoisotopic (exact) mass is 576 g/mol. The zero-order chi connectivity index (χ0) is 29.0. The molecule has 0 unspecified atom stereocenters. The van der Waals surface area contributed by atoms with E-state index in [0.29, 0.717) is 29.6 Å². The Bertz CT molecular complexity index is 1750. The number of halogens is 1. The molecular formula is C35H37FN6O. The Balaban J connectivity index is 1.26. The van der Waals surface area contributed by atoms with Gasteiger partial charge in [-0.25, -0.2) is 4.39 Å². The molecule has 0 saturated carbocycles. The number of benzene rings is 2. The Kier molecular flexibility index (Phi) is 6.69. The van der Waals surface area contributed by atoms with Crippen molar-refractivity contribution in [2.45, 2.75) is 69.5 Å². The number of ether oxygens (including phenoxy) is 1. The summed E-state index contributed by atoms with van der Waals surface area (Å²) in [6.45, 7) is 6.46. The van der Waals surface area contributed by atoms with Crippen molar-refractivity contribution in [1.82, 2.24) is 25.2 Å². The van der Waals surface area contributed by atoms with Crippen LogP contribution in [0.5, 0.6) is 6.01 Å². The molecule has 1 N–H and O–H groups in total. The molecule has 7 nitrogen and oxygen atoms in total. The number of anilines is 1. The van der Waals surface area contributed by atoms with Crippen LogP contribution in [0.3, 0.4) is 0 Å². The first-order chi connectivity index (χ1) is 21.1. The highest BCUT2D eigenvalue weighted by Gasteiger charge is 2.45. The SMILES string of the molecule is CCC#Cc1cccc2cccc(-c3ncc4c(N5C[C@H]6CC[C@@H](C5)N6)nc(OCC56CCCN5CCC6)nc4c3F)c12. The molecule has 43 heavy (non-hydrogen) atoms. The molecule has 6 heterocycles. The second-order valence-corrected chi connectivity index (χ2v) is 12.6. The van der Waals surface area contributed by atoms with Gasteiger partial charge in [0.15, 0.2) is 5.82 Å². The quantitative estimate of drug-likeness (QED) is 0.306. The molecule has 4 fully saturated rings. The van der Waals surface area contributed by atoms with Gasteiger partial charge in [-0.3, -0.25) is 9.88 Å². The Morgan fingerprint density at radius 3 is 2.58 bits per heavy atom. The number of rotatable bonds is 5. The molecule has 0 amide bonds. The molecule has 8 rings (SSSR count). The van der Waals surface area contributed by atoms with E-state index in [9.17, 15) is 0 Å². The fourth-order valence-electron chi connectivity index (χ4n) is 7.97. The first kappa shape index (κ1) is 26.8. The third kappa shape index (κ3) is 4.61. The second-order valence-electron chi connectivity index (χ2n) is 12.6. The largest absolute Gasteiger partial charge is 0.461 e. The molecule has 220 valence electrons. The molecular weight excluding hydrogens is 539 g/mol. The summed E-state index contributed by atoms with van der Waals surface area (Å²) in [6.07, 6.45) is 9.43. The molecule has 4 aliphatic rings. The van der Waals surface area contributed by atoms with Crippen molar-refractivity contribution in [3.63, 3.8) is 0 Å². The average molecular weight is 577 g/mol. The predicted molar refractivity (Wildman–Crippen MR) is 168 cm³/mol. The summed E-state index contributed by atoms with van der Waals surface area (Å²) in [6, 6.07) is 13.0. The van der Waals surface area contributed by atoms with Gasteiger partial charge in [-0.05, 0) is 63.1 Å². The lowest BCUT2D eigenvalue weighted by molar-refractivity contribution is 0.108. The van der Waals surface area contributed by atoms with Crippen molar-refractivity contribution in [1.29, 1.82) is 0 Å². The van der Waals surface area contributed by atoms with Gasteiger partial charge in [0.2, 0.25) is 0 Å². The first-order valence-electron chi connectivity index (χ1n) is 15.9. The standard InChI is InChI=1S/C35H37FN6O/c1-2-3-8-23-9-4-10-24-11-5-12-27(29(23)24)31-30(36)32-28(19-37-31)33(41-20-25-13-14-26(21-41)38-25)40-34(39-32)43-22-35-15-6-17-42(35)18-7-16-35/h4-5,9-12,19,25-26,38H,2,6-7,13-18,20-22H2,1H3/t25-,26+. The van der Waals surface area contributed by atoms with Gasteiger partial charge < -0.3 is 15.0 Å². The van der Waals surface area contributed by atoms with Crippen LogP contribution in [0.2, 0.25) is 0 Å². The van der Waals surface area contributed by atoms with E-state index in [4.69, 9.17) is 19.7 Å². The highest BCUT2D eigenvalue weighted by atomic mass is 19.1. The molecule has 2 atom stereocenters. The Morgan fingerprint density at radius 1 is 1.05 bits per heavy atom. The summed E-state index contributed by atoms with van der Waals surface area (Å²) in [5.74, 6) is 6.73. The van der Waals surface area contributed by atoms with Crippen molar-refractivity contribution in [3.8, 4) is 29.1 Å². The fraction of sp³-hybridized carbons (Fsp3) is 0.457. The molecule has 4 aliphatic heterocycles. The van der Waals surface area contributed by atoms with Crippen molar-refractivity contribution in [2.75, 3.05) is 37.7 Å². The van der Waals surface area contributed by atoms with Gasteiger partial charge in [-0.15, -0.1) is 0 Å². The minimum Gasteiger partial charge on any atom is -0.461 e. The molecule has 2 bridgehead atoms. The van der Waals surface area contributed by atoms with E-state index in [1.54, 1.807) is 6.20 Å². The van der Waals surface area contributed by atoms with E-state index >= 15 is 4.39 Å². The summed E-state index contributed by atoms with van der Waals surface area (Å²) in [5, 5.41) is 6.23. The maximum Gasteiger partial charge on any atom is 0.319 e. The van der Waals surface area contributed by atoms with Crippen LogP contribution in [-0.4, -0.2) is 70.3 Å². The summed E-state index contributed by atoms with van der Waals surface area (Å²) < 4.78 is 23.3. The maximum atomic E-state index is 16.8. The lowest BCUT2D eigenvalue weighted by atomic mass is 9.95. The maximum absolute atomic E-state index is 16.8. The molecule has 2 aromatic heterocycles. The number of hydrogen-bond acceptors (Lipinski definition) is 7. The van der Waals surface area contributed by atoms with Crippen molar-refractivity contribution in [2.24, 2.45) is 0 Å². The molecule has 0 spiro atoms. The zero-order valence-electron chi connectivity index (χ0n) is 24.7. The van der Waals surface area contributed by atoms with Gasteiger partial charge in [-0.2, -0.15) is 9.97 Å². The number of pyridine rings is 1. The van der Waals surface area contributed by atoms with Crippen molar-refractivity contribution < 1.29 is 9.13 Å². The van der Waals surface area contributed by atoms with Crippen molar-refractivity contribution >= 4 is 27.5 Å². The van der Waals surface area contributed by atoms with Crippen LogP contribution < -0.4 is 15.0 Å². The molecule has 4 saturated heterocycles. The lowest BCUT2D eigenvalue weighted by Gasteiger charge is -2.34. The van der Waals surface area contributed by atoms with Crippen LogP contribution in [0.15, 0.2) is 42.6 Å². The van der Waals surface area contributed by atoms with Gasteiger partial charge in [0.05, 0.1) is 10.9 Å². The Hall–Kier alpha value is -3.80. The number of nitrogens with one attached hydrogen (secondary N) is 1. The summed E-state index contributed by atoms with van der Waals surface area (Å²) in [5.41, 5.74) is 2.17. The summed E-state index contributed by atoms with van der Waals surface area (Å²) in [7, 11) is 0. The van der Waals surface area contributed by atoms with Crippen LogP contribution in [0.4, 0.5) is 10.2 Å². The van der Waals surface area contributed by atoms with E-state index in [2.05, 4.69) is 27.0 Å². The van der Waals surface area contributed by atoms with Crippen LogP contribution in [-0.2, 0) is 0 Å². The number of fused-ring (bicyclic) bond motifs is 5. The lowest BCUT2D eigenvalue weighted by Crippen LogP contribution is -2.51. The van der Waals surface area contributed by atoms with Gasteiger partial charge in [0.25, 0.3) is 0 Å². The van der Waals surface area contributed by atoms with E-state index in [-0.39, 0.29) is 22.8 Å². The number of hydrogen-bond donors (Lipinski definition) is 1. The molecule has 4 aromatic rings. The smallest absolute Gasteiger partial charge is 0.319 e. The molecule has 8 heteroatoms. The van der Waals surface area contributed by atoms with Crippen LogP contribution in [0, 0.1) is 17.7 Å². The summed E-state index contributed by atoms with van der Waals surface area (Å²) >= 11 is 0. The number of nitrogens with zero attached hydrogens (tertiary/aromatic N) is 5. The predicted octanol–water partition coefficient (Wildman–Crippen LogP) is 5.69. The second kappa shape index (κ2) is 10.7. The topological polar surface area (TPSA) is 66.4 Å². The van der Waals surface area contributed by atoms with Gasteiger partial charge in [0.1, 0.15) is 23.6 Å². The van der Waals surface area contributed by atoms with Gasteiger partial charge in [0, 0.05) is 54.3 Å². The number of aromatic nitrogens is 3. The van der Waals surface area contributed by atoms with Gasteiger partial charge in [-0.1, -0.05) is 49.1 Å². The highest BCUT2D eigenvalue weighted by Crippen LogP contribution is 2.40. The first-order valence-corrected chi connectivity index (χ1v) is 15.9. The van der Waals surface area contributed by atoms with Gasteiger partial charge >= 0.3 is 6.01 Å². The van der Waals surface area contributed by atoms with Crippen molar-refractivity contribution in [3.05, 3.63) is 54.0 Å². The van der Waals surface area contributed by atoms with E-state index < -0.39 is 5.82 Å². The third-order valence-electron chi connectivity index (χ3n) is 10.0. The van der Waals surface area contributed by atoms with Crippen LogP contribution >= 0.6 is 0 Å². The number of piperazine rings is 1. The Morgan fingerprint density at radius 2 is 1.81 bits per heavy atom.